The highest BCUT2D eigenvalue weighted by molar-refractivity contribution is 7.89. The molecule has 1 fully saturated rings. The van der Waals surface area contributed by atoms with E-state index in [4.69, 9.17) is 0 Å². The summed E-state index contributed by atoms with van der Waals surface area (Å²) in [7, 11) is -3.90. The summed E-state index contributed by atoms with van der Waals surface area (Å²) in [4.78, 5) is 31.4. The van der Waals surface area contributed by atoms with E-state index in [0.29, 0.717) is 24.3 Å². The summed E-state index contributed by atoms with van der Waals surface area (Å²) >= 11 is 1.42. The molecule has 0 aliphatic carbocycles. The standard InChI is InChI=1S/C16H18N4O4S2/c1-11-17-12(10-25-11)9-15(21)18-19-26(23,24)14-6-4-13(5-7-14)20-8-2-3-16(20)22/h4-7,10,19H,2-3,8-9H2,1H3,(H,18,21). The topological polar surface area (TPSA) is 108 Å². The van der Waals surface area contributed by atoms with E-state index in [0.717, 1.165) is 11.4 Å². The quantitative estimate of drug-likeness (QED) is 0.714. The maximum Gasteiger partial charge on any atom is 0.257 e. The first-order valence-electron chi connectivity index (χ1n) is 7.97. The molecule has 1 saturated heterocycles. The smallest absolute Gasteiger partial charge is 0.257 e. The van der Waals surface area contributed by atoms with Gasteiger partial charge in [0.15, 0.2) is 0 Å². The first-order valence-corrected chi connectivity index (χ1v) is 10.3. The molecule has 138 valence electrons. The van der Waals surface area contributed by atoms with Crippen LogP contribution in [0.2, 0.25) is 0 Å². The van der Waals surface area contributed by atoms with Crippen molar-refractivity contribution in [2.75, 3.05) is 11.4 Å². The lowest BCUT2D eigenvalue weighted by Gasteiger charge is -2.16. The monoisotopic (exact) mass is 394 g/mol. The van der Waals surface area contributed by atoms with Crippen molar-refractivity contribution in [2.24, 2.45) is 0 Å². The molecule has 2 aromatic rings. The average Bonchev–Trinajstić information content (AvgIpc) is 3.21. The zero-order chi connectivity index (χ0) is 18.7. The van der Waals surface area contributed by atoms with Crippen molar-refractivity contribution in [1.29, 1.82) is 0 Å². The highest BCUT2D eigenvalue weighted by Gasteiger charge is 2.22. The van der Waals surface area contributed by atoms with Crippen molar-refractivity contribution >= 4 is 38.9 Å². The SMILES string of the molecule is Cc1nc(CC(=O)NNS(=O)(=O)c2ccc(N3CCCC3=O)cc2)cs1. The fourth-order valence-electron chi connectivity index (χ4n) is 2.61. The van der Waals surface area contributed by atoms with Crippen molar-refractivity contribution in [3.8, 4) is 0 Å². The Morgan fingerprint density at radius 1 is 1.31 bits per heavy atom. The lowest BCUT2D eigenvalue weighted by Crippen LogP contribution is -2.42. The van der Waals surface area contributed by atoms with Crippen molar-refractivity contribution in [3.05, 3.63) is 40.3 Å². The van der Waals surface area contributed by atoms with Crippen molar-refractivity contribution in [3.63, 3.8) is 0 Å². The number of sulfonamides is 1. The van der Waals surface area contributed by atoms with Crippen LogP contribution in [0.4, 0.5) is 5.69 Å². The Morgan fingerprint density at radius 3 is 2.62 bits per heavy atom. The molecule has 0 atom stereocenters. The Balaban J connectivity index is 1.60. The number of aromatic nitrogens is 1. The number of hydrogen-bond donors (Lipinski definition) is 2. The largest absolute Gasteiger partial charge is 0.312 e. The number of hydrazine groups is 1. The number of amides is 2. The van der Waals surface area contributed by atoms with Gasteiger partial charge in [0, 0.05) is 24.0 Å². The van der Waals surface area contributed by atoms with Gasteiger partial charge >= 0.3 is 0 Å². The second-order valence-corrected chi connectivity index (χ2v) is 8.58. The van der Waals surface area contributed by atoms with Crippen LogP contribution in [0.3, 0.4) is 0 Å². The molecule has 0 bridgehead atoms. The molecule has 10 heteroatoms. The Morgan fingerprint density at radius 2 is 2.04 bits per heavy atom. The van der Waals surface area contributed by atoms with Gasteiger partial charge in [-0.15, -0.1) is 16.2 Å². The first kappa shape index (κ1) is 18.5. The summed E-state index contributed by atoms with van der Waals surface area (Å²) in [6.07, 6.45) is 1.29. The number of nitrogens with zero attached hydrogens (tertiary/aromatic N) is 2. The van der Waals surface area contributed by atoms with Gasteiger partial charge in [-0.1, -0.05) is 0 Å². The fourth-order valence-corrected chi connectivity index (χ4v) is 4.08. The molecule has 2 amide bonds. The van der Waals surface area contributed by atoms with Crippen molar-refractivity contribution < 1.29 is 18.0 Å². The third-order valence-corrected chi connectivity index (χ3v) is 5.95. The van der Waals surface area contributed by atoms with Crippen LogP contribution in [0.5, 0.6) is 0 Å². The van der Waals surface area contributed by atoms with Gasteiger partial charge in [0.25, 0.3) is 10.0 Å². The van der Waals surface area contributed by atoms with E-state index in [1.54, 1.807) is 22.4 Å². The molecule has 2 N–H and O–H groups in total. The normalized spacial score (nSPS) is 14.7. The minimum Gasteiger partial charge on any atom is -0.312 e. The number of rotatable bonds is 6. The summed E-state index contributed by atoms with van der Waals surface area (Å²) in [5.41, 5.74) is 3.43. The van der Waals surface area contributed by atoms with Crippen molar-refractivity contribution in [2.45, 2.75) is 31.1 Å². The van der Waals surface area contributed by atoms with Crippen LogP contribution >= 0.6 is 11.3 Å². The molecule has 1 aliphatic rings. The number of hydrogen-bond acceptors (Lipinski definition) is 6. The molecule has 8 nitrogen and oxygen atoms in total. The van der Waals surface area contributed by atoms with Crippen LogP contribution in [0.25, 0.3) is 0 Å². The number of anilines is 1. The second-order valence-electron chi connectivity index (χ2n) is 5.83. The van der Waals surface area contributed by atoms with Gasteiger partial charge in [-0.25, -0.2) is 13.4 Å². The van der Waals surface area contributed by atoms with E-state index in [1.165, 1.54) is 23.5 Å². The predicted octanol–water partition coefficient (Wildman–Crippen LogP) is 1.13. The minimum atomic E-state index is -3.90. The highest BCUT2D eigenvalue weighted by atomic mass is 32.2. The Hall–Kier alpha value is -2.30. The summed E-state index contributed by atoms with van der Waals surface area (Å²) in [5.74, 6) is -0.471. The zero-order valence-corrected chi connectivity index (χ0v) is 15.7. The zero-order valence-electron chi connectivity index (χ0n) is 14.1. The third-order valence-electron chi connectivity index (χ3n) is 3.87. The molecular formula is C16H18N4O4S2. The van der Waals surface area contributed by atoms with Crippen LogP contribution in [-0.2, 0) is 26.0 Å². The number of aryl methyl sites for hydroxylation is 1. The Bertz CT molecular complexity index is 922. The molecular weight excluding hydrogens is 376 g/mol. The molecule has 2 heterocycles. The van der Waals surface area contributed by atoms with E-state index in [9.17, 15) is 18.0 Å². The minimum absolute atomic E-state index is 0.00213. The number of carbonyl (C=O) groups excluding carboxylic acids is 2. The summed E-state index contributed by atoms with van der Waals surface area (Å²) < 4.78 is 24.5. The van der Waals surface area contributed by atoms with Gasteiger partial charge in [-0.05, 0) is 37.6 Å². The van der Waals surface area contributed by atoms with Gasteiger partial charge < -0.3 is 4.90 Å². The molecule has 1 aromatic heterocycles. The summed E-state index contributed by atoms with van der Waals surface area (Å²) in [6, 6.07) is 5.97. The number of nitrogens with one attached hydrogen (secondary N) is 2. The van der Waals surface area contributed by atoms with Gasteiger partial charge in [-0.2, -0.15) is 0 Å². The van der Waals surface area contributed by atoms with Crippen molar-refractivity contribution in [1.82, 2.24) is 15.2 Å². The number of carbonyl (C=O) groups is 2. The molecule has 0 spiro atoms. The first-order chi connectivity index (χ1) is 12.3. The second kappa shape index (κ2) is 7.52. The Kier molecular flexibility index (Phi) is 5.35. The van der Waals surface area contributed by atoms with Gasteiger partial charge in [0.1, 0.15) is 0 Å². The molecule has 26 heavy (non-hydrogen) atoms. The molecule has 3 rings (SSSR count). The van der Waals surface area contributed by atoms with Crippen LogP contribution < -0.4 is 15.2 Å². The van der Waals surface area contributed by atoms with Crippen LogP contribution in [0, 0.1) is 6.92 Å². The molecule has 1 aromatic carbocycles. The van der Waals surface area contributed by atoms with E-state index in [-0.39, 0.29) is 17.2 Å². The molecule has 0 saturated carbocycles. The summed E-state index contributed by atoms with van der Waals surface area (Å²) in [5, 5.41) is 2.59. The van der Waals surface area contributed by atoms with E-state index >= 15 is 0 Å². The van der Waals surface area contributed by atoms with E-state index in [2.05, 4.69) is 15.2 Å². The molecule has 0 radical (unpaired) electrons. The van der Waals surface area contributed by atoms with E-state index < -0.39 is 15.9 Å². The third kappa shape index (κ3) is 4.26. The summed E-state index contributed by atoms with van der Waals surface area (Å²) in [6.45, 7) is 2.46. The lowest BCUT2D eigenvalue weighted by molar-refractivity contribution is -0.121. The maximum atomic E-state index is 12.3. The highest BCUT2D eigenvalue weighted by Crippen LogP contribution is 2.22. The van der Waals surface area contributed by atoms with E-state index in [1.807, 2.05) is 6.92 Å². The molecule has 1 aliphatic heterocycles. The van der Waals surface area contributed by atoms with Crippen LogP contribution in [-0.4, -0.2) is 31.8 Å². The Labute approximate surface area is 155 Å². The van der Waals surface area contributed by atoms with Crippen LogP contribution in [0.15, 0.2) is 34.5 Å². The number of benzene rings is 1. The lowest BCUT2D eigenvalue weighted by atomic mass is 10.3. The van der Waals surface area contributed by atoms with Crippen LogP contribution in [0.1, 0.15) is 23.5 Å². The fraction of sp³-hybridized carbons (Fsp3) is 0.312. The predicted molar refractivity (Wildman–Crippen MR) is 97.0 cm³/mol. The number of thiazole rings is 1. The van der Waals surface area contributed by atoms with Gasteiger partial charge in [0.05, 0.1) is 22.0 Å². The maximum absolute atomic E-state index is 12.3. The van der Waals surface area contributed by atoms with Gasteiger partial charge in [-0.3, -0.25) is 15.0 Å². The average molecular weight is 394 g/mol. The molecule has 0 unspecified atom stereocenters. The van der Waals surface area contributed by atoms with Gasteiger partial charge in [0.2, 0.25) is 11.8 Å².